The van der Waals surface area contributed by atoms with E-state index in [0.717, 1.165) is 0 Å². The van der Waals surface area contributed by atoms with Crippen LogP contribution in [0.2, 0.25) is 0 Å². The molecule has 124 valence electrons. The van der Waals surface area contributed by atoms with Crippen LogP contribution in [0.25, 0.3) is 6.08 Å². The number of rotatable bonds is 7. The van der Waals surface area contributed by atoms with E-state index < -0.39 is 11.8 Å². The standard InChI is InChI=1S/C18H18N2O4/c1-3-10-19-18(22)16(12-15-5-4-11-24-15)20-17(21)13-6-8-14(23-2)9-7-13/h3-9,11-12H,1,10H2,2H3,(H,19,22)(H,20,21)/b16-12-. The second-order valence-electron chi connectivity index (χ2n) is 4.75. The van der Waals surface area contributed by atoms with Crippen molar-refractivity contribution in [3.05, 3.63) is 72.3 Å². The molecule has 0 saturated heterocycles. The second-order valence-corrected chi connectivity index (χ2v) is 4.75. The summed E-state index contributed by atoms with van der Waals surface area (Å²) in [5.74, 6) is 0.243. The van der Waals surface area contributed by atoms with Crippen molar-refractivity contribution in [2.75, 3.05) is 13.7 Å². The first-order valence-electron chi connectivity index (χ1n) is 7.23. The molecule has 0 aliphatic rings. The van der Waals surface area contributed by atoms with Crippen LogP contribution < -0.4 is 15.4 Å². The number of nitrogens with one attached hydrogen (secondary N) is 2. The number of methoxy groups -OCH3 is 1. The Morgan fingerprint density at radius 2 is 2.00 bits per heavy atom. The Kier molecular flexibility index (Phi) is 5.96. The molecule has 1 heterocycles. The fourth-order valence-electron chi connectivity index (χ4n) is 1.87. The minimum Gasteiger partial charge on any atom is -0.497 e. The molecule has 2 amide bonds. The van der Waals surface area contributed by atoms with Crippen LogP contribution in [-0.2, 0) is 4.79 Å². The van der Waals surface area contributed by atoms with Gasteiger partial charge >= 0.3 is 0 Å². The average Bonchev–Trinajstić information content (AvgIpc) is 3.12. The highest BCUT2D eigenvalue weighted by Crippen LogP contribution is 2.12. The van der Waals surface area contributed by atoms with Gasteiger partial charge in [0.05, 0.1) is 13.4 Å². The Hall–Kier alpha value is -3.28. The van der Waals surface area contributed by atoms with Crippen LogP contribution in [0.4, 0.5) is 0 Å². The summed E-state index contributed by atoms with van der Waals surface area (Å²) >= 11 is 0. The summed E-state index contributed by atoms with van der Waals surface area (Å²) in [7, 11) is 1.54. The SMILES string of the molecule is C=CCNC(=O)/C(=C/c1ccco1)NC(=O)c1ccc(OC)cc1. The van der Waals surface area contributed by atoms with Crippen LogP contribution in [0, 0.1) is 0 Å². The Labute approximate surface area is 139 Å². The van der Waals surface area contributed by atoms with Crippen LogP contribution in [0.15, 0.2) is 65.4 Å². The van der Waals surface area contributed by atoms with Gasteiger partial charge in [0, 0.05) is 18.2 Å². The van der Waals surface area contributed by atoms with E-state index in [1.54, 1.807) is 49.6 Å². The number of benzene rings is 1. The van der Waals surface area contributed by atoms with Gasteiger partial charge in [0.25, 0.3) is 11.8 Å². The van der Waals surface area contributed by atoms with Crippen molar-refractivity contribution in [1.82, 2.24) is 10.6 Å². The molecule has 0 aliphatic carbocycles. The van der Waals surface area contributed by atoms with E-state index in [-0.39, 0.29) is 12.2 Å². The summed E-state index contributed by atoms with van der Waals surface area (Å²) in [4.78, 5) is 24.5. The molecule has 6 heteroatoms. The third-order valence-corrected chi connectivity index (χ3v) is 3.08. The molecule has 2 aromatic rings. The molecule has 0 bridgehead atoms. The van der Waals surface area contributed by atoms with Crippen molar-refractivity contribution < 1.29 is 18.7 Å². The molecule has 0 saturated carbocycles. The molecule has 1 aromatic heterocycles. The Morgan fingerprint density at radius 3 is 2.58 bits per heavy atom. The van der Waals surface area contributed by atoms with Gasteiger partial charge in [0.1, 0.15) is 17.2 Å². The van der Waals surface area contributed by atoms with Gasteiger partial charge in [-0.2, -0.15) is 0 Å². The number of carbonyl (C=O) groups excluding carboxylic acids is 2. The predicted molar refractivity (Wildman–Crippen MR) is 90.4 cm³/mol. The smallest absolute Gasteiger partial charge is 0.268 e. The molecule has 1 aromatic carbocycles. The van der Waals surface area contributed by atoms with E-state index >= 15 is 0 Å². The molecule has 0 aliphatic heterocycles. The van der Waals surface area contributed by atoms with Crippen molar-refractivity contribution in [1.29, 1.82) is 0 Å². The average molecular weight is 326 g/mol. The fraction of sp³-hybridized carbons (Fsp3) is 0.111. The van der Waals surface area contributed by atoms with Crippen LogP contribution in [0.3, 0.4) is 0 Å². The van der Waals surface area contributed by atoms with Crippen molar-refractivity contribution in [2.24, 2.45) is 0 Å². The lowest BCUT2D eigenvalue weighted by Gasteiger charge is -2.10. The highest BCUT2D eigenvalue weighted by Gasteiger charge is 2.14. The van der Waals surface area contributed by atoms with E-state index in [1.807, 2.05) is 0 Å². The number of ether oxygens (including phenoxy) is 1. The largest absolute Gasteiger partial charge is 0.497 e. The summed E-state index contributed by atoms with van der Waals surface area (Å²) in [5.41, 5.74) is 0.477. The highest BCUT2D eigenvalue weighted by molar-refractivity contribution is 6.05. The summed E-state index contributed by atoms with van der Waals surface area (Å²) in [6, 6.07) is 9.93. The van der Waals surface area contributed by atoms with E-state index in [9.17, 15) is 9.59 Å². The first kappa shape index (κ1) is 17.1. The van der Waals surface area contributed by atoms with Crippen molar-refractivity contribution in [2.45, 2.75) is 0 Å². The minimum atomic E-state index is -0.437. The van der Waals surface area contributed by atoms with Gasteiger partial charge in [-0.1, -0.05) is 6.08 Å². The summed E-state index contributed by atoms with van der Waals surface area (Å²) in [6.07, 6.45) is 4.49. The summed E-state index contributed by atoms with van der Waals surface area (Å²) in [6.45, 7) is 3.83. The minimum absolute atomic E-state index is 0.0765. The number of carbonyl (C=O) groups is 2. The number of furan rings is 1. The van der Waals surface area contributed by atoms with Gasteiger partial charge in [-0.3, -0.25) is 9.59 Å². The second kappa shape index (κ2) is 8.38. The molecular formula is C18H18N2O4. The monoisotopic (exact) mass is 326 g/mol. The number of hydrogen-bond acceptors (Lipinski definition) is 4. The van der Waals surface area contributed by atoms with E-state index in [4.69, 9.17) is 9.15 Å². The molecule has 0 fully saturated rings. The van der Waals surface area contributed by atoms with Crippen LogP contribution in [0.5, 0.6) is 5.75 Å². The zero-order chi connectivity index (χ0) is 17.4. The Bertz CT molecular complexity index is 731. The van der Waals surface area contributed by atoms with Gasteiger partial charge in [0.2, 0.25) is 0 Å². The fourth-order valence-corrected chi connectivity index (χ4v) is 1.87. The summed E-state index contributed by atoms with van der Waals surface area (Å²) in [5, 5.41) is 5.21. The molecule has 0 unspecified atom stereocenters. The Balaban J connectivity index is 2.18. The topological polar surface area (TPSA) is 80.6 Å². The molecule has 6 nitrogen and oxygen atoms in total. The lowest BCUT2D eigenvalue weighted by atomic mass is 10.2. The van der Waals surface area contributed by atoms with Gasteiger partial charge in [-0.25, -0.2) is 0 Å². The maximum Gasteiger partial charge on any atom is 0.268 e. The van der Waals surface area contributed by atoms with Crippen LogP contribution in [0.1, 0.15) is 16.1 Å². The zero-order valence-corrected chi connectivity index (χ0v) is 13.2. The third-order valence-electron chi connectivity index (χ3n) is 3.08. The predicted octanol–water partition coefficient (Wildman–Crippen LogP) is 2.36. The van der Waals surface area contributed by atoms with Gasteiger partial charge in [-0.05, 0) is 36.4 Å². The molecular weight excluding hydrogens is 308 g/mol. The van der Waals surface area contributed by atoms with Crippen LogP contribution in [-0.4, -0.2) is 25.5 Å². The van der Waals surface area contributed by atoms with Crippen molar-refractivity contribution in [3.63, 3.8) is 0 Å². The molecule has 0 spiro atoms. The van der Waals surface area contributed by atoms with E-state index in [2.05, 4.69) is 17.2 Å². The van der Waals surface area contributed by atoms with Gasteiger partial charge in [0.15, 0.2) is 0 Å². The molecule has 24 heavy (non-hydrogen) atoms. The molecule has 0 atom stereocenters. The number of amides is 2. The lowest BCUT2D eigenvalue weighted by Crippen LogP contribution is -2.34. The molecule has 2 N–H and O–H groups in total. The van der Waals surface area contributed by atoms with Crippen molar-refractivity contribution >= 4 is 17.9 Å². The summed E-state index contributed by atoms with van der Waals surface area (Å²) < 4.78 is 10.2. The quantitative estimate of drug-likeness (QED) is 0.604. The van der Waals surface area contributed by atoms with E-state index in [1.165, 1.54) is 12.3 Å². The zero-order valence-electron chi connectivity index (χ0n) is 13.2. The maximum atomic E-state index is 12.3. The molecule has 0 radical (unpaired) electrons. The highest BCUT2D eigenvalue weighted by atomic mass is 16.5. The number of hydrogen-bond donors (Lipinski definition) is 2. The first-order valence-corrected chi connectivity index (χ1v) is 7.23. The van der Waals surface area contributed by atoms with Gasteiger partial charge in [-0.15, -0.1) is 6.58 Å². The Morgan fingerprint density at radius 1 is 1.25 bits per heavy atom. The first-order chi connectivity index (χ1) is 11.6. The normalized spacial score (nSPS) is 10.8. The van der Waals surface area contributed by atoms with Crippen LogP contribution >= 0.6 is 0 Å². The molecule has 2 rings (SSSR count). The van der Waals surface area contributed by atoms with Gasteiger partial charge < -0.3 is 19.8 Å². The van der Waals surface area contributed by atoms with Crippen molar-refractivity contribution in [3.8, 4) is 5.75 Å². The van der Waals surface area contributed by atoms with E-state index in [0.29, 0.717) is 17.1 Å². The maximum absolute atomic E-state index is 12.3. The lowest BCUT2D eigenvalue weighted by molar-refractivity contribution is -0.117. The third kappa shape index (κ3) is 4.61.